The normalized spacial score (nSPS) is 10.7. The number of rotatable bonds is 3. The molecule has 0 fully saturated rings. The molecule has 1 rings (SSSR count). The summed E-state index contributed by atoms with van der Waals surface area (Å²) in [5.74, 6) is 0.152. The summed E-state index contributed by atoms with van der Waals surface area (Å²) in [6.07, 6.45) is 3.04. The van der Waals surface area contributed by atoms with E-state index in [1.807, 2.05) is 6.07 Å². The lowest BCUT2D eigenvalue weighted by atomic mass is 10.2. The van der Waals surface area contributed by atoms with Crippen molar-refractivity contribution in [3.05, 3.63) is 29.7 Å². The molecule has 0 bridgehead atoms. The van der Waals surface area contributed by atoms with Gasteiger partial charge in [-0.3, -0.25) is 4.79 Å². The number of hydrogen-bond acceptors (Lipinski definition) is 4. The molecule has 1 heterocycles. The van der Waals surface area contributed by atoms with Gasteiger partial charge in [0, 0.05) is 6.92 Å². The summed E-state index contributed by atoms with van der Waals surface area (Å²) in [5, 5.41) is 8.69. The zero-order valence-corrected chi connectivity index (χ0v) is 7.69. The first-order valence-corrected chi connectivity index (χ1v) is 4.00. The van der Waals surface area contributed by atoms with Gasteiger partial charge >= 0.3 is 5.97 Å². The van der Waals surface area contributed by atoms with Crippen molar-refractivity contribution >= 4 is 12.0 Å². The van der Waals surface area contributed by atoms with E-state index < -0.39 is 5.97 Å². The molecule has 0 saturated heterocycles. The molecule has 1 aromatic heterocycles. The number of furan rings is 1. The molecule has 4 heteroatoms. The van der Waals surface area contributed by atoms with Gasteiger partial charge in [-0.2, -0.15) is 5.26 Å². The van der Waals surface area contributed by atoms with Gasteiger partial charge in [0.05, 0.1) is 17.9 Å². The fraction of sp³-hybridized carbons (Fsp3) is 0.200. The Morgan fingerprint density at radius 3 is 3.07 bits per heavy atom. The standard InChI is InChI=1S/C10H9NO3/c1-8(12)14-7-9(6-11)5-10-3-2-4-13-10/h2-5H,7H2,1H3/b9-5-. The van der Waals surface area contributed by atoms with Crippen molar-refractivity contribution in [1.82, 2.24) is 0 Å². The predicted molar refractivity (Wildman–Crippen MR) is 48.9 cm³/mol. The summed E-state index contributed by atoms with van der Waals surface area (Å²) in [6.45, 7) is 1.27. The molecule has 1 aromatic rings. The molecule has 0 N–H and O–H groups in total. The number of hydrogen-bond donors (Lipinski definition) is 0. The summed E-state index contributed by atoms with van der Waals surface area (Å²) >= 11 is 0. The molecule has 14 heavy (non-hydrogen) atoms. The van der Waals surface area contributed by atoms with Crippen LogP contribution in [0.5, 0.6) is 0 Å². The molecule has 0 radical (unpaired) electrons. The Kier molecular flexibility index (Phi) is 3.50. The maximum Gasteiger partial charge on any atom is 0.302 e. The van der Waals surface area contributed by atoms with Crippen molar-refractivity contribution in [3.63, 3.8) is 0 Å². The van der Waals surface area contributed by atoms with Crippen molar-refractivity contribution in [2.45, 2.75) is 6.92 Å². The van der Waals surface area contributed by atoms with E-state index in [2.05, 4.69) is 4.74 Å². The number of carbonyl (C=O) groups is 1. The van der Waals surface area contributed by atoms with Crippen LogP contribution in [0.1, 0.15) is 12.7 Å². The molecule has 0 atom stereocenters. The van der Waals surface area contributed by atoms with E-state index >= 15 is 0 Å². The van der Waals surface area contributed by atoms with Gasteiger partial charge in [-0.25, -0.2) is 0 Å². The second kappa shape index (κ2) is 4.87. The Balaban J connectivity index is 2.63. The van der Waals surface area contributed by atoms with Crippen molar-refractivity contribution < 1.29 is 13.9 Å². The number of carbonyl (C=O) groups excluding carboxylic acids is 1. The molecular formula is C10H9NO3. The molecule has 0 saturated carbocycles. The number of esters is 1. The smallest absolute Gasteiger partial charge is 0.302 e. The summed E-state index contributed by atoms with van der Waals surface area (Å²) in [5.41, 5.74) is 0.343. The fourth-order valence-corrected chi connectivity index (χ4v) is 0.831. The van der Waals surface area contributed by atoms with Crippen LogP contribution >= 0.6 is 0 Å². The Bertz CT molecular complexity index is 371. The van der Waals surface area contributed by atoms with Crippen LogP contribution in [0, 0.1) is 11.3 Å². The van der Waals surface area contributed by atoms with Gasteiger partial charge in [-0.1, -0.05) is 0 Å². The van der Waals surface area contributed by atoms with E-state index in [0.717, 1.165) is 0 Å². The van der Waals surface area contributed by atoms with E-state index in [9.17, 15) is 4.79 Å². The Morgan fingerprint density at radius 1 is 1.79 bits per heavy atom. The van der Waals surface area contributed by atoms with Gasteiger partial charge in [0.15, 0.2) is 0 Å². The van der Waals surface area contributed by atoms with E-state index in [1.165, 1.54) is 19.3 Å². The van der Waals surface area contributed by atoms with Crippen LogP contribution in [0.4, 0.5) is 0 Å². The van der Waals surface area contributed by atoms with Crippen molar-refractivity contribution in [2.24, 2.45) is 0 Å². The minimum absolute atomic E-state index is 0.0213. The van der Waals surface area contributed by atoms with Gasteiger partial charge in [-0.15, -0.1) is 0 Å². The molecule has 0 aliphatic heterocycles. The molecule has 0 aliphatic carbocycles. The monoisotopic (exact) mass is 191 g/mol. The molecule has 0 amide bonds. The molecule has 72 valence electrons. The van der Waals surface area contributed by atoms with Gasteiger partial charge in [-0.05, 0) is 18.2 Å². The lowest BCUT2D eigenvalue weighted by Crippen LogP contribution is -2.01. The van der Waals surface area contributed by atoms with E-state index in [1.54, 1.807) is 12.1 Å². The quantitative estimate of drug-likeness (QED) is 0.539. The molecule has 0 unspecified atom stereocenters. The van der Waals surface area contributed by atoms with Crippen LogP contribution < -0.4 is 0 Å². The third kappa shape index (κ3) is 3.15. The van der Waals surface area contributed by atoms with E-state index in [-0.39, 0.29) is 6.61 Å². The SMILES string of the molecule is CC(=O)OC/C(C#N)=C\c1ccco1. The van der Waals surface area contributed by atoms with Crippen LogP contribution in [0.25, 0.3) is 6.08 Å². The van der Waals surface area contributed by atoms with Gasteiger partial charge < -0.3 is 9.15 Å². The topological polar surface area (TPSA) is 63.2 Å². The average Bonchev–Trinajstić information content (AvgIpc) is 2.64. The van der Waals surface area contributed by atoms with Gasteiger partial charge in [0.2, 0.25) is 0 Å². The minimum Gasteiger partial charge on any atom is -0.465 e. The maximum absolute atomic E-state index is 10.5. The highest BCUT2D eigenvalue weighted by molar-refractivity contribution is 5.66. The lowest BCUT2D eigenvalue weighted by Gasteiger charge is -1.98. The van der Waals surface area contributed by atoms with E-state index in [4.69, 9.17) is 9.68 Å². The van der Waals surface area contributed by atoms with Gasteiger partial charge in [0.1, 0.15) is 12.4 Å². The third-order valence-corrected chi connectivity index (χ3v) is 1.43. The van der Waals surface area contributed by atoms with Crippen molar-refractivity contribution in [1.29, 1.82) is 5.26 Å². The highest BCUT2D eigenvalue weighted by Gasteiger charge is 2.00. The Labute approximate surface area is 81.4 Å². The molecule has 0 aliphatic rings. The van der Waals surface area contributed by atoms with Crippen LogP contribution in [0.2, 0.25) is 0 Å². The largest absolute Gasteiger partial charge is 0.465 e. The van der Waals surface area contributed by atoms with Crippen LogP contribution in [0.3, 0.4) is 0 Å². The number of ether oxygens (including phenoxy) is 1. The summed E-state index contributed by atoms with van der Waals surface area (Å²) < 4.78 is 9.68. The highest BCUT2D eigenvalue weighted by Crippen LogP contribution is 2.07. The zero-order chi connectivity index (χ0) is 10.4. The second-order valence-electron chi connectivity index (χ2n) is 2.58. The zero-order valence-electron chi connectivity index (χ0n) is 7.69. The first kappa shape index (κ1) is 10.1. The molecule has 0 aromatic carbocycles. The van der Waals surface area contributed by atoms with Crippen LogP contribution in [-0.4, -0.2) is 12.6 Å². The fourth-order valence-electron chi connectivity index (χ4n) is 0.831. The summed E-state index contributed by atoms with van der Waals surface area (Å²) in [4.78, 5) is 10.5. The summed E-state index contributed by atoms with van der Waals surface area (Å²) in [7, 11) is 0. The highest BCUT2D eigenvalue weighted by atomic mass is 16.5. The molecule has 0 spiro atoms. The lowest BCUT2D eigenvalue weighted by molar-refractivity contribution is -0.139. The maximum atomic E-state index is 10.5. The van der Waals surface area contributed by atoms with Crippen LogP contribution in [0.15, 0.2) is 28.4 Å². The first-order valence-electron chi connectivity index (χ1n) is 4.00. The number of nitrogens with zero attached hydrogens (tertiary/aromatic N) is 1. The second-order valence-corrected chi connectivity index (χ2v) is 2.58. The Morgan fingerprint density at radius 2 is 2.57 bits per heavy atom. The third-order valence-electron chi connectivity index (χ3n) is 1.43. The van der Waals surface area contributed by atoms with E-state index in [0.29, 0.717) is 11.3 Å². The van der Waals surface area contributed by atoms with Crippen LogP contribution in [-0.2, 0) is 9.53 Å². The molecule has 4 nitrogen and oxygen atoms in total. The minimum atomic E-state index is -0.411. The Hall–Kier alpha value is -2.02. The first-order chi connectivity index (χ1) is 6.72. The molecular weight excluding hydrogens is 182 g/mol. The van der Waals surface area contributed by atoms with Gasteiger partial charge in [0.25, 0.3) is 0 Å². The van der Waals surface area contributed by atoms with Crippen molar-refractivity contribution in [3.8, 4) is 6.07 Å². The average molecular weight is 191 g/mol. The van der Waals surface area contributed by atoms with Crippen molar-refractivity contribution in [2.75, 3.05) is 6.61 Å². The number of nitriles is 1. The summed E-state index contributed by atoms with van der Waals surface area (Å²) in [6, 6.07) is 5.35. The predicted octanol–water partition coefficient (Wildman–Crippen LogP) is 1.75.